The summed E-state index contributed by atoms with van der Waals surface area (Å²) in [6.45, 7) is 14.9. The summed E-state index contributed by atoms with van der Waals surface area (Å²) in [5.74, 6) is -0.910. The number of ether oxygens (including phenoxy) is 4. The Morgan fingerprint density at radius 1 is 1.28 bits per heavy atom. The summed E-state index contributed by atoms with van der Waals surface area (Å²) in [5.41, 5.74) is 0.352. The normalized spacial score (nSPS) is 40.5. The van der Waals surface area contributed by atoms with E-state index in [9.17, 15) is 14.7 Å². The molecule has 0 radical (unpaired) electrons. The highest BCUT2D eigenvalue weighted by Gasteiger charge is 2.70. The number of methoxy groups -OCH3 is 1. The van der Waals surface area contributed by atoms with Crippen molar-refractivity contribution in [3.05, 3.63) is 36.5 Å². The number of esters is 2. The van der Waals surface area contributed by atoms with Crippen molar-refractivity contribution in [2.24, 2.45) is 22.7 Å². The van der Waals surface area contributed by atoms with Gasteiger partial charge in [0, 0.05) is 26.5 Å². The van der Waals surface area contributed by atoms with Crippen molar-refractivity contribution >= 4 is 11.9 Å². The van der Waals surface area contributed by atoms with Crippen LogP contribution in [0.5, 0.6) is 0 Å². The molecule has 178 valence electrons. The molecule has 32 heavy (non-hydrogen) atoms. The summed E-state index contributed by atoms with van der Waals surface area (Å²) in [7, 11) is 1.50. The molecular weight excluding hydrogens is 412 g/mol. The highest BCUT2D eigenvalue weighted by Crippen LogP contribution is 2.67. The van der Waals surface area contributed by atoms with E-state index in [-0.39, 0.29) is 23.2 Å². The van der Waals surface area contributed by atoms with Gasteiger partial charge in [-0.05, 0) is 49.0 Å². The second-order valence-electron chi connectivity index (χ2n) is 9.66. The van der Waals surface area contributed by atoms with Crippen molar-refractivity contribution in [1.82, 2.24) is 0 Å². The Morgan fingerprint density at radius 2 is 1.94 bits per heavy atom. The zero-order chi connectivity index (χ0) is 23.8. The second kappa shape index (κ2) is 9.12. The maximum Gasteiger partial charge on any atom is 0.304 e. The molecule has 2 fully saturated rings. The molecule has 1 saturated carbocycles. The molecule has 3 aliphatic rings. The van der Waals surface area contributed by atoms with Crippen LogP contribution in [0.4, 0.5) is 0 Å². The molecule has 1 spiro atoms. The first-order chi connectivity index (χ1) is 15.0. The van der Waals surface area contributed by atoms with Gasteiger partial charge < -0.3 is 24.1 Å². The number of rotatable bonds is 7. The fourth-order valence-corrected chi connectivity index (χ4v) is 6.17. The molecule has 8 atom stereocenters. The minimum atomic E-state index is -0.996. The van der Waals surface area contributed by atoms with Gasteiger partial charge in [-0.1, -0.05) is 38.7 Å². The topological polar surface area (TPSA) is 91.3 Å². The molecule has 7 nitrogen and oxygen atoms in total. The van der Waals surface area contributed by atoms with Crippen molar-refractivity contribution in [3.63, 3.8) is 0 Å². The van der Waals surface area contributed by atoms with E-state index < -0.39 is 36.2 Å². The van der Waals surface area contributed by atoms with Gasteiger partial charge in [-0.2, -0.15) is 0 Å². The van der Waals surface area contributed by atoms with Crippen LogP contribution >= 0.6 is 0 Å². The Morgan fingerprint density at radius 3 is 2.50 bits per heavy atom. The van der Waals surface area contributed by atoms with Crippen LogP contribution in [0.15, 0.2) is 36.5 Å². The Bertz CT molecular complexity index is 817. The summed E-state index contributed by atoms with van der Waals surface area (Å²) in [6, 6.07) is 0. The number of carbonyl (C=O) groups excluding carboxylic acids is 2. The van der Waals surface area contributed by atoms with Gasteiger partial charge in [0.15, 0.2) is 6.29 Å². The predicted octanol–water partition coefficient (Wildman–Crippen LogP) is 3.67. The van der Waals surface area contributed by atoms with Crippen LogP contribution in [-0.4, -0.2) is 48.9 Å². The standard InChI is InChI=1S/C25H36O7/c1-8-14(2)9-10-24(6)15(3)11-21(28)25-19(12-18(13-20(24)25)30-16(4)26)22(29-7)32-23(25)31-17(5)27/h8,12,15,18,20-23,28H,1-2,9-11,13H2,3-7H3/t15-,18-,20-,21+,22-,23+,24+,25+/m1/s1. The highest BCUT2D eigenvalue weighted by atomic mass is 16.8. The van der Waals surface area contributed by atoms with Gasteiger partial charge in [0.25, 0.3) is 0 Å². The lowest BCUT2D eigenvalue weighted by Crippen LogP contribution is -2.63. The fourth-order valence-electron chi connectivity index (χ4n) is 6.17. The van der Waals surface area contributed by atoms with Crippen LogP contribution in [-0.2, 0) is 28.5 Å². The Kier molecular flexibility index (Phi) is 7.03. The van der Waals surface area contributed by atoms with E-state index >= 15 is 0 Å². The third-order valence-corrected chi connectivity index (χ3v) is 7.93. The summed E-state index contributed by atoms with van der Waals surface area (Å²) in [5, 5.41) is 11.5. The molecule has 0 unspecified atom stereocenters. The maximum atomic E-state index is 12.0. The van der Waals surface area contributed by atoms with Crippen LogP contribution < -0.4 is 0 Å². The van der Waals surface area contributed by atoms with E-state index in [4.69, 9.17) is 18.9 Å². The van der Waals surface area contributed by atoms with Gasteiger partial charge >= 0.3 is 11.9 Å². The number of aliphatic hydroxyl groups is 1. The lowest BCUT2D eigenvalue weighted by Gasteiger charge is -2.60. The van der Waals surface area contributed by atoms with Gasteiger partial charge in [0.05, 0.1) is 11.5 Å². The molecule has 0 amide bonds. The molecule has 3 rings (SSSR count). The van der Waals surface area contributed by atoms with Crippen molar-refractivity contribution in [2.75, 3.05) is 7.11 Å². The van der Waals surface area contributed by atoms with Gasteiger partial charge in [0.2, 0.25) is 6.29 Å². The quantitative estimate of drug-likeness (QED) is 0.361. The average molecular weight is 449 g/mol. The summed E-state index contributed by atoms with van der Waals surface area (Å²) in [6.07, 6.45) is 3.01. The first kappa shape index (κ1) is 24.7. The van der Waals surface area contributed by atoms with Crippen LogP contribution in [0, 0.1) is 22.7 Å². The van der Waals surface area contributed by atoms with Crippen molar-refractivity contribution in [2.45, 2.75) is 78.2 Å². The summed E-state index contributed by atoms with van der Waals surface area (Å²) in [4.78, 5) is 23.8. The van der Waals surface area contributed by atoms with E-state index in [1.807, 2.05) is 6.08 Å². The number of aliphatic hydroxyl groups excluding tert-OH is 1. The van der Waals surface area contributed by atoms with E-state index in [1.54, 1.807) is 6.08 Å². The highest BCUT2D eigenvalue weighted by molar-refractivity contribution is 5.67. The molecule has 1 aliphatic heterocycles. The zero-order valence-corrected chi connectivity index (χ0v) is 19.8. The fraction of sp³-hybridized carbons (Fsp3) is 0.680. The lowest BCUT2D eigenvalue weighted by atomic mass is 9.45. The predicted molar refractivity (Wildman–Crippen MR) is 118 cm³/mol. The molecule has 1 saturated heterocycles. The van der Waals surface area contributed by atoms with Crippen molar-refractivity contribution in [1.29, 1.82) is 0 Å². The third kappa shape index (κ3) is 3.95. The first-order valence-corrected chi connectivity index (χ1v) is 11.2. The van der Waals surface area contributed by atoms with Crippen LogP contribution in [0.3, 0.4) is 0 Å². The van der Waals surface area contributed by atoms with Crippen LogP contribution in [0.1, 0.15) is 53.4 Å². The zero-order valence-electron chi connectivity index (χ0n) is 19.8. The Balaban J connectivity index is 2.17. The summed E-state index contributed by atoms with van der Waals surface area (Å²) >= 11 is 0. The minimum absolute atomic E-state index is 0.155. The monoisotopic (exact) mass is 448 g/mol. The van der Waals surface area contributed by atoms with Crippen LogP contribution in [0.2, 0.25) is 0 Å². The Labute approximate surface area is 190 Å². The molecule has 2 aliphatic carbocycles. The van der Waals surface area contributed by atoms with Gasteiger partial charge in [-0.25, -0.2) is 0 Å². The van der Waals surface area contributed by atoms with E-state index in [0.717, 1.165) is 18.4 Å². The van der Waals surface area contributed by atoms with Crippen molar-refractivity contribution in [3.8, 4) is 0 Å². The molecule has 0 aromatic carbocycles. The molecule has 1 N–H and O–H groups in total. The molecule has 1 heterocycles. The number of hydrogen-bond donors (Lipinski definition) is 1. The maximum absolute atomic E-state index is 12.0. The molecule has 0 bridgehead atoms. The molecular formula is C25H36O7. The van der Waals surface area contributed by atoms with E-state index in [2.05, 4.69) is 27.0 Å². The van der Waals surface area contributed by atoms with Crippen LogP contribution in [0.25, 0.3) is 0 Å². The van der Waals surface area contributed by atoms with Gasteiger partial charge in [0.1, 0.15) is 6.10 Å². The molecule has 0 aromatic rings. The summed E-state index contributed by atoms with van der Waals surface area (Å²) < 4.78 is 22.9. The smallest absolute Gasteiger partial charge is 0.304 e. The molecule has 0 aromatic heterocycles. The number of carbonyl (C=O) groups is 2. The SMILES string of the molecule is C=CC(=C)CC[C@@]1(C)[C@H](C)C[C@H](O)[C@]23C(=C[C@@H](OC(C)=O)C[C@H]12)[C@H](OC)O[C@@H]3OC(C)=O. The lowest BCUT2D eigenvalue weighted by molar-refractivity contribution is -0.254. The molecule has 7 heteroatoms. The number of allylic oxidation sites excluding steroid dienone is 2. The van der Waals surface area contributed by atoms with E-state index in [0.29, 0.717) is 18.4 Å². The third-order valence-electron chi connectivity index (χ3n) is 7.93. The Hall–Kier alpha value is -1.96. The largest absolute Gasteiger partial charge is 0.458 e. The van der Waals surface area contributed by atoms with Gasteiger partial charge in [-0.15, -0.1) is 0 Å². The number of hydrogen-bond acceptors (Lipinski definition) is 7. The first-order valence-electron chi connectivity index (χ1n) is 11.2. The van der Waals surface area contributed by atoms with E-state index in [1.165, 1.54) is 21.0 Å². The average Bonchev–Trinajstić information content (AvgIpc) is 3.03. The second-order valence-corrected chi connectivity index (χ2v) is 9.66. The van der Waals surface area contributed by atoms with Gasteiger partial charge in [-0.3, -0.25) is 9.59 Å². The minimum Gasteiger partial charge on any atom is -0.458 e. The van der Waals surface area contributed by atoms with Crippen molar-refractivity contribution < 1.29 is 33.6 Å².